The second-order valence-corrected chi connectivity index (χ2v) is 8.20. The van der Waals surface area contributed by atoms with Gasteiger partial charge in [0.15, 0.2) is 0 Å². The zero-order chi connectivity index (χ0) is 17.1. The summed E-state index contributed by atoms with van der Waals surface area (Å²) in [6.45, 7) is 3.08. The van der Waals surface area contributed by atoms with E-state index in [1.807, 2.05) is 0 Å². The first-order chi connectivity index (χ1) is 12.3. The summed E-state index contributed by atoms with van der Waals surface area (Å²) in [7, 11) is 0. The van der Waals surface area contributed by atoms with E-state index < -0.39 is 0 Å². The number of thiophene rings is 1. The van der Waals surface area contributed by atoms with E-state index in [2.05, 4.69) is 41.8 Å². The molecule has 0 atom stereocenters. The SMILES string of the molecule is Nc1nnc(CCCNC2CCN(c3ncnc4ccsc34)CC2)s1. The van der Waals surface area contributed by atoms with Crippen molar-refractivity contribution in [1.82, 2.24) is 25.5 Å². The molecule has 0 bridgehead atoms. The minimum Gasteiger partial charge on any atom is -0.374 e. The van der Waals surface area contributed by atoms with Gasteiger partial charge in [-0.15, -0.1) is 21.5 Å². The number of nitrogens with one attached hydrogen (secondary N) is 1. The first kappa shape index (κ1) is 16.6. The number of nitrogens with two attached hydrogens (primary N) is 1. The fraction of sp³-hybridized carbons (Fsp3) is 0.500. The molecule has 0 saturated carbocycles. The van der Waals surface area contributed by atoms with Gasteiger partial charge in [-0.1, -0.05) is 11.3 Å². The molecule has 0 aliphatic carbocycles. The Bertz CT molecular complexity index is 823. The number of aryl methyl sites for hydroxylation is 1. The highest BCUT2D eigenvalue weighted by Gasteiger charge is 2.21. The van der Waals surface area contributed by atoms with E-state index in [1.54, 1.807) is 17.7 Å². The molecule has 9 heteroatoms. The molecule has 4 heterocycles. The Balaban J connectivity index is 1.24. The molecule has 1 aliphatic heterocycles. The van der Waals surface area contributed by atoms with Gasteiger partial charge in [0.2, 0.25) is 5.13 Å². The van der Waals surface area contributed by atoms with Crippen LogP contribution < -0.4 is 16.0 Å². The minimum absolute atomic E-state index is 0.555. The van der Waals surface area contributed by atoms with Crippen molar-refractivity contribution >= 4 is 43.8 Å². The summed E-state index contributed by atoms with van der Waals surface area (Å²) in [5, 5.41) is 15.3. The lowest BCUT2D eigenvalue weighted by atomic mass is 10.0. The molecular weight excluding hydrogens is 354 g/mol. The fourth-order valence-electron chi connectivity index (χ4n) is 3.21. The summed E-state index contributed by atoms with van der Waals surface area (Å²) in [5.41, 5.74) is 6.65. The number of hydrogen-bond acceptors (Lipinski definition) is 9. The topological polar surface area (TPSA) is 92.8 Å². The van der Waals surface area contributed by atoms with Crippen LogP contribution in [0.4, 0.5) is 10.9 Å². The Morgan fingerprint density at radius 3 is 2.92 bits per heavy atom. The standard InChI is InChI=1S/C16H21N7S2/c17-16-22-21-13(25-16)2-1-6-18-11-3-7-23(8-4-11)15-14-12(5-9-24-14)19-10-20-15/h5,9-11,18H,1-4,6-8H2,(H2,17,22). The zero-order valence-electron chi connectivity index (χ0n) is 13.9. The van der Waals surface area contributed by atoms with Crippen LogP contribution in [0.3, 0.4) is 0 Å². The molecule has 3 aromatic rings. The lowest BCUT2D eigenvalue weighted by molar-refractivity contribution is 0.412. The van der Waals surface area contributed by atoms with Gasteiger partial charge in [-0.2, -0.15) is 0 Å². The molecule has 4 rings (SSSR count). The van der Waals surface area contributed by atoms with Crippen molar-refractivity contribution in [3.63, 3.8) is 0 Å². The Morgan fingerprint density at radius 1 is 1.24 bits per heavy atom. The third-order valence-electron chi connectivity index (χ3n) is 4.50. The summed E-state index contributed by atoms with van der Waals surface area (Å²) in [4.78, 5) is 11.2. The van der Waals surface area contributed by atoms with Crippen LogP contribution in [-0.4, -0.2) is 45.8 Å². The first-order valence-electron chi connectivity index (χ1n) is 8.54. The highest BCUT2D eigenvalue weighted by atomic mass is 32.1. The number of piperidine rings is 1. The van der Waals surface area contributed by atoms with E-state index in [4.69, 9.17) is 5.73 Å². The highest BCUT2D eigenvalue weighted by Crippen LogP contribution is 2.29. The summed E-state index contributed by atoms with van der Waals surface area (Å²) < 4.78 is 1.20. The molecule has 3 aromatic heterocycles. The van der Waals surface area contributed by atoms with Crippen molar-refractivity contribution < 1.29 is 0 Å². The number of anilines is 2. The molecule has 0 radical (unpaired) electrons. The number of nitrogens with zero attached hydrogens (tertiary/aromatic N) is 5. The van der Waals surface area contributed by atoms with Crippen molar-refractivity contribution in [3.8, 4) is 0 Å². The summed E-state index contributed by atoms with van der Waals surface area (Å²) in [5.74, 6) is 1.09. The van der Waals surface area contributed by atoms with E-state index in [9.17, 15) is 0 Å². The van der Waals surface area contributed by atoms with Crippen LogP contribution in [0.25, 0.3) is 10.2 Å². The fourth-order valence-corrected chi connectivity index (χ4v) is 4.72. The minimum atomic E-state index is 0.555. The van der Waals surface area contributed by atoms with Crippen LogP contribution in [0, 0.1) is 0 Å². The van der Waals surface area contributed by atoms with Crippen molar-refractivity contribution in [1.29, 1.82) is 0 Å². The van der Waals surface area contributed by atoms with Gasteiger partial charge >= 0.3 is 0 Å². The molecule has 0 unspecified atom stereocenters. The van der Waals surface area contributed by atoms with Crippen LogP contribution in [0.2, 0.25) is 0 Å². The van der Waals surface area contributed by atoms with Crippen LogP contribution >= 0.6 is 22.7 Å². The average molecular weight is 376 g/mol. The Labute approximate surface area is 154 Å². The average Bonchev–Trinajstić information content (AvgIpc) is 3.28. The van der Waals surface area contributed by atoms with Gasteiger partial charge in [-0.05, 0) is 37.3 Å². The van der Waals surface area contributed by atoms with Gasteiger partial charge in [0, 0.05) is 25.6 Å². The zero-order valence-corrected chi connectivity index (χ0v) is 15.5. The smallest absolute Gasteiger partial charge is 0.203 e. The van der Waals surface area contributed by atoms with E-state index in [0.717, 1.165) is 61.7 Å². The number of hydrogen-bond donors (Lipinski definition) is 2. The summed E-state index contributed by atoms with van der Waals surface area (Å²) in [6, 6.07) is 2.64. The predicted octanol–water partition coefficient (Wildman–Crippen LogP) is 2.32. The quantitative estimate of drug-likeness (QED) is 0.639. The molecule has 132 valence electrons. The molecule has 1 saturated heterocycles. The molecular formula is C16H21N7S2. The lowest BCUT2D eigenvalue weighted by Crippen LogP contribution is -2.43. The highest BCUT2D eigenvalue weighted by molar-refractivity contribution is 7.17. The van der Waals surface area contributed by atoms with Gasteiger partial charge in [0.1, 0.15) is 17.2 Å². The predicted molar refractivity (Wildman–Crippen MR) is 103 cm³/mol. The molecule has 25 heavy (non-hydrogen) atoms. The maximum Gasteiger partial charge on any atom is 0.203 e. The summed E-state index contributed by atoms with van der Waals surface area (Å²) in [6.07, 6.45) is 5.97. The molecule has 0 aromatic carbocycles. The number of nitrogen functional groups attached to an aromatic ring is 1. The number of fused-ring (bicyclic) bond motifs is 1. The molecule has 1 fully saturated rings. The van der Waals surface area contributed by atoms with Crippen molar-refractivity contribution in [2.75, 3.05) is 30.3 Å². The normalized spacial score (nSPS) is 15.9. The maximum atomic E-state index is 5.60. The second-order valence-electron chi connectivity index (χ2n) is 6.19. The largest absolute Gasteiger partial charge is 0.374 e. The van der Waals surface area contributed by atoms with Gasteiger partial charge in [0.05, 0.1) is 10.2 Å². The van der Waals surface area contributed by atoms with Gasteiger partial charge < -0.3 is 16.0 Å². The third kappa shape index (κ3) is 3.88. The monoisotopic (exact) mass is 375 g/mol. The van der Waals surface area contributed by atoms with Crippen LogP contribution in [0.1, 0.15) is 24.3 Å². The number of aromatic nitrogens is 4. The first-order valence-corrected chi connectivity index (χ1v) is 10.2. The van der Waals surface area contributed by atoms with Gasteiger partial charge in [0.25, 0.3) is 0 Å². The number of rotatable bonds is 6. The van der Waals surface area contributed by atoms with Crippen molar-refractivity contribution in [2.24, 2.45) is 0 Å². The Kier molecular flexibility index (Phi) is 5.04. The second kappa shape index (κ2) is 7.59. The van der Waals surface area contributed by atoms with Crippen molar-refractivity contribution in [3.05, 3.63) is 22.8 Å². The molecule has 1 aliphatic rings. The summed E-state index contributed by atoms with van der Waals surface area (Å²) >= 11 is 3.21. The molecule has 0 amide bonds. The molecule has 0 spiro atoms. The molecule has 7 nitrogen and oxygen atoms in total. The molecule has 3 N–H and O–H groups in total. The van der Waals surface area contributed by atoms with E-state index >= 15 is 0 Å². The van der Waals surface area contributed by atoms with E-state index in [1.165, 1.54) is 16.0 Å². The van der Waals surface area contributed by atoms with E-state index in [0.29, 0.717) is 11.2 Å². The van der Waals surface area contributed by atoms with E-state index in [-0.39, 0.29) is 0 Å². The van der Waals surface area contributed by atoms with Gasteiger partial charge in [-0.25, -0.2) is 9.97 Å². The van der Waals surface area contributed by atoms with Crippen LogP contribution in [-0.2, 0) is 6.42 Å². The Hall–Kier alpha value is -1.84. The van der Waals surface area contributed by atoms with Crippen molar-refractivity contribution in [2.45, 2.75) is 31.7 Å². The Morgan fingerprint density at radius 2 is 2.12 bits per heavy atom. The van der Waals surface area contributed by atoms with Crippen LogP contribution in [0.15, 0.2) is 17.8 Å². The maximum absolute atomic E-state index is 5.60. The third-order valence-corrected chi connectivity index (χ3v) is 6.21. The van der Waals surface area contributed by atoms with Crippen LogP contribution in [0.5, 0.6) is 0 Å². The lowest BCUT2D eigenvalue weighted by Gasteiger charge is -2.33. The van der Waals surface area contributed by atoms with Gasteiger partial charge in [-0.3, -0.25) is 0 Å².